The monoisotopic (exact) mass is 538 g/mol. The predicted octanol–water partition coefficient (Wildman–Crippen LogP) is 2.30. The smallest absolute Gasteiger partial charge is 0.270 e. The molecule has 2 aromatic heterocycles. The van der Waals surface area contributed by atoms with Crippen molar-refractivity contribution in [3.63, 3.8) is 0 Å². The molecule has 0 unspecified atom stereocenters. The summed E-state index contributed by atoms with van der Waals surface area (Å²) in [6, 6.07) is 9.49. The van der Waals surface area contributed by atoms with Crippen LogP contribution in [0.1, 0.15) is 57.1 Å². The van der Waals surface area contributed by atoms with Gasteiger partial charge in [-0.15, -0.1) is 0 Å². The molecule has 3 aromatic rings. The van der Waals surface area contributed by atoms with Crippen LogP contribution in [0.5, 0.6) is 5.75 Å². The fourth-order valence-corrected chi connectivity index (χ4v) is 4.99. The van der Waals surface area contributed by atoms with Gasteiger partial charge < -0.3 is 31.2 Å². The van der Waals surface area contributed by atoms with E-state index in [1.807, 2.05) is 6.92 Å². The van der Waals surface area contributed by atoms with E-state index in [1.165, 1.54) is 4.90 Å². The largest absolute Gasteiger partial charge is 0.494 e. The molecular weight excluding hydrogens is 508 g/mol. The molecule has 1 aliphatic heterocycles. The number of pyridine rings is 1. The number of primary amides is 1. The molecule has 1 aromatic carbocycles. The number of anilines is 1. The third-order valence-electron chi connectivity index (χ3n) is 6.09. The van der Waals surface area contributed by atoms with Crippen molar-refractivity contribution in [3.05, 3.63) is 70.5 Å². The first-order valence-corrected chi connectivity index (χ1v) is 13.0. The predicted molar refractivity (Wildman–Crippen MR) is 141 cm³/mol. The van der Waals surface area contributed by atoms with Gasteiger partial charge in [0.15, 0.2) is 5.69 Å². The van der Waals surface area contributed by atoms with E-state index in [0.717, 1.165) is 24.4 Å². The molecule has 0 saturated carbocycles. The van der Waals surface area contributed by atoms with Crippen LogP contribution < -0.4 is 21.5 Å². The molecule has 2 atom stereocenters. The van der Waals surface area contributed by atoms with E-state index in [-0.39, 0.29) is 34.8 Å². The highest BCUT2D eigenvalue weighted by Gasteiger charge is 2.35. The number of aromatic nitrogens is 2. The van der Waals surface area contributed by atoms with Gasteiger partial charge in [-0.1, -0.05) is 18.2 Å². The van der Waals surface area contributed by atoms with E-state index in [0.29, 0.717) is 36.6 Å². The molecule has 200 valence electrons. The average molecular weight is 539 g/mol. The minimum atomic E-state index is -1.04. The summed E-state index contributed by atoms with van der Waals surface area (Å²) in [6.07, 6.45) is 4.93. The Morgan fingerprint density at radius 1 is 1.26 bits per heavy atom. The van der Waals surface area contributed by atoms with Crippen molar-refractivity contribution in [2.75, 3.05) is 25.5 Å². The third-order valence-corrected chi connectivity index (χ3v) is 6.94. The Bertz CT molecular complexity index is 1260. The summed E-state index contributed by atoms with van der Waals surface area (Å²) in [5.74, 6) is -1.16. The van der Waals surface area contributed by atoms with Gasteiger partial charge in [-0.3, -0.25) is 19.4 Å². The number of benzene rings is 1. The lowest BCUT2D eigenvalue weighted by Crippen LogP contribution is -2.45. The highest BCUT2D eigenvalue weighted by molar-refractivity contribution is 7.09. The number of nitrogens with two attached hydrogens (primary N) is 2. The highest BCUT2D eigenvalue weighted by Crippen LogP contribution is 2.31. The average Bonchev–Trinajstić information content (AvgIpc) is 3.58. The van der Waals surface area contributed by atoms with Crippen molar-refractivity contribution in [2.45, 2.75) is 38.5 Å². The van der Waals surface area contributed by atoms with Crippen LogP contribution >= 0.6 is 11.5 Å². The molecule has 4 rings (SSSR count). The van der Waals surface area contributed by atoms with Gasteiger partial charge in [-0.05, 0) is 60.6 Å². The molecule has 1 saturated heterocycles. The molecule has 12 heteroatoms. The maximum absolute atomic E-state index is 14.0. The number of ether oxygens (including phenoxy) is 2. The number of nitrogens with zero attached hydrogens (tertiary/aromatic N) is 3. The number of nitrogens with one attached hydrogen (secondary N) is 1. The number of amides is 3. The molecule has 38 heavy (non-hydrogen) atoms. The Kier molecular flexibility index (Phi) is 8.87. The number of rotatable bonds is 11. The van der Waals surface area contributed by atoms with Crippen LogP contribution in [0.25, 0.3) is 0 Å². The van der Waals surface area contributed by atoms with Crippen molar-refractivity contribution >= 4 is 34.9 Å². The Balaban J connectivity index is 1.74. The van der Waals surface area contributed by atoms with Crippen LogP contribution in [-0.4, -0.2) is 57.8 Å². The van der Waals surface area contributed by atoms with Gasteiger partial charge in [0, 0.05) is 32.1 Å². The van der Waals surface area contributed by atoms with E-state index in [2.05, 4.69) is 14.7 Å². The minimum Gasteiger partial charge on any atom is -0.494 e. The van der Waals surface area contributed by atoms with Gasteiger partial charge >= 0.3 is 0 Å². The Morgan fingerprint density at radius 2 is 2.05 bits per heavy atom. The van der Waals surface area contributed by atoms with Gasteiger partial charge in [0.25, 0.3) is 11.8 Å². The van der Waals surface area contributed by atoms with Gasteiger partial charge in [0.1, 0.15) is 16.7 Å². The second kappa shape index (κ2) is 12.5. The molecule has 0 aliphatic carbocycles. The first kappa shape index (κ1) is 27.0. The summed E-state index contributed by atoms with van der Waals surface area (Å²) in [5, 5.41) is 2.95. The fraction of sp³-hybridized carbons (Fsp3) is 0.346. The van der Waals surface area contributed by atoms with E-state index >= 15 is 0 Å². The number of carbonyl (C=O) groups is 3. The van der Waals surface area contributed by atoms with Gasteiger partial charge in [-0.25, -0.2) is 0 Å². The molecule has 11 nitrogen and oxygen atoms in total. The second-order valence-electron chi connectivity index (χ2n) is 8.72. The summed E-state index contributed by atoms with van der Waals surface area (Å²) in [4.78, 5) is 45.0. The quantitative estimate of drug-likeness (QED) is 0.335. The first-order valence-electron chi connectivity index (χ1n) is 12.3. The lowest BCUT2D eigenvalue weighted by atomic mass is 10.0. The molecule has 0 bridgehead atoms. The molecule has 0 spiro atoms. The summed E-state index contributed by atoms with van der Waals surface area (Å²) >= 11 is 0.764. The summed E-state index contributed by atoms with van der Waals surface area (Å²) in [6.45, 7) is 3.38. The van der Waals surface area contributed by atoms with Gasteiger partial charge in [0.2, 0.25) is 5.91 Å². The van der Waals surface area contributed by atoms with Gasteiger partial charge in [-0.2, -0.15) is 4.37 Å². The topological polar surface area (TPSA) is 163 Å². The number of nitrogen functional groups attached to an aromatic ring is 1. The van der Waals surface area contributed by atoms with Crippen LogP contribution in [0.15, 0.2) is 48.8 Å². The molecule has 1 fully saturated rings. The molecular formula is C26H30N6O5S. The Morgan fingerprint density at radius 3 is 2.66 bits per heavy atom. The normalized spacial score (nSPS) is 15.6. The standard InChI is InChI=1S/C26H30N6O5S/c1-2-36-18-9-7-17(8-10-18)22(25(34)30-14-19-6-4-12-37-19)32(15-16-5-3-11-29-13-16)26(35)23-20(27)21(24(28)33)31-38-23/h3,5,7-11,13,19,22H,2,4,6,12,14-15,27H2,1H3,(H2,28,33)(H,30,34)/t19-,22-/m0/s1. The Hall–Kier alpha value is -4.03. The number of hydrogen-bond acceptors (Lipinski definition) is 9. The summed E-state index contributed by atoms with van der Waals surface area (Å²) in [5.41, 5.74) is 12.4. The summed E-state index contributed by atoms with van der Waals surface area (Å²) < 4.78 is 15.2. The third kappa shape index (κ3) is 6.26. The minimum absolute atomic E-state index is 0.0190. The van der Waals surface area contributed by atoms with Crippen LogP contribution in [0.2, 0.25) is 0 Å². The zero-order valence-corrected chi connectivity index (χ0v) is 21.8. The maximum Gasteiger partial charge on any atom is 0.270 e. The summed E-state index contributed by atoms with van der Waals surface area (Å²) in [7, 11) is 0. The molecule has 1 aliphatic rings. The second-order valence-corrected chi connectivity index (χ2v) is 9.49. The van der Waals surface area contributed by atoms with Crippen molar-refractivity contribution in [1.29, 1.82) is 0 Å². The number of hydrogen-bond donors (Lipinski definition) is 3. The van der Waals surface area contributed by atoms with Crippen molar-refractivity contribution in [2.24, 2.45) is 5.73 Å². The van der Waals surface area contributed by atoms with E-state index < -0.39 is 17.9 Å². The molecule has 0 radical (unpaired) electrons. The van der Waals surface area contributed by atoms with Crippen LogP contribution in [0.4, 0.5) is 5.69 Å². The molecule has 5 N–H and O–H groups in total. The van der Waals surface area contributed by atoms with E-state index in [4.69, 9.17) is 20.9 Å². The van der Waals surface area contributed by atoms with Crippen LogP contribution in [0.3, 0.4) is 0 Å². The Labute approximate surface area is 224 Å². The van der Waals surface area contributed by atoms with Crippen molar-refractivity contribution < 1.29 is 23.9 Å². The lowest BCUT2D eigenvalue weighted by molar-refractivity contribution is -0.126. The van der Waals surface area contributed by atoms with Gasteiger partial charge in [0.05, 0.1) is 18.4 Å². The fourth-order valence-electron chi connectivity index (χ4n) is 4.23. The highest BCUT2D eigenvalue weighted by atomic mass is 32.1. The SMILES string of the molecule is CCOc1ccc([C@@H](C(=O)NC[C@@H]2CCCO2)N(Cc2cccnc2)C(=O)c2snc(C(N)=O)c2N)cc1. The first-order chi connectivity index (χ1) is 18.4. The maximum atomic E-state index is 14.0. The van der Waals surface area contributed by atoms with Crippen LogP contribution in [-0.2, 0) is 16.1 Å². The van der Waals surface area contributed by atoms with E-state index in [1.54, 1.807) is 48.8 Å². The lowest BCUT2D eigenvalue weighted by Gasteiger charge is -2.31. The number of carbonyl (C=O) groups excluding carboxylic acids is 3. The van der Waals surface area contributed by atoms with Crippen LogP contribution in [0, 0.1) is 0 Å². The van der Waals surface area contributed by atoms with Crippen molar-refractivity contribution in [1.82, 2.24) is 19.6 Å². The molecule has 3 heterocycles. The molecule has 3 amide bonds. The zero-order valence-electron chi connectivity index (χ0n) is 21.0. The van der Waals surface area contributed by atoms with E-state index in [9.17, 15) is 14.4 Å². The van der Waals surface area contributed by atoms with Crippen molar-refractivity contribution in [3.8, 4) is 5.75 Å². The zero-order chi connectivity index (χ0) is 27.1.